The lowest BCUT2D eigenvalue weighted by atomic mass is 9.33. The third-order valence-corrected chi connectivity index (χ3v) is 10.2. The van der Waals surface area contributed by atoms with E-state index < -0.39 is 0 Å². The highest BCUT2D eigenvalue weighted by molar-refractivity contribution is 7.00. The van der Waals surface area contributed by atoms with Crippen molar-refractivity contribution in [2.24, 2.45) is 0 Å². The summed E-state index contributed by atoms with van der Waals surface area (Å²) in [5, 5.41) is 0. The Morgan fingerprint density at radius 2 is 0.681 bits per heavy atom. The molecule has 5 heteroatoms. The van der Waals surface area contributed by atoms with Crippen LogP contribution in [0.5, 0.6) is 0 Å². The number of nitrogens with zero attached hydrogens (tertiary/aromatic N) is 4. The molecule has 218 valence electrons. The maximum absolute atomic E-state index is 2.55. The Kier molecular flexibility index (Phi) is 4.89. The first-order valence-electron chi connectivity index (χ1n) is 16.3. The van der Waals surface area contributed by atoms with Crippen molar-refractivity contribution in [1.82, 2.24) is 0 Å². The number of benzene rings is 7. The summed E-state index contributed by atoms with van der Waals surface area (Å²) in [4.78, 5) is 10.0. The maximum atomic E-state index is 2.55. The van der Waals surface area contributed by atoms with E-state index in [1.54, 1.807) is 0 Å². The molecule has 7 aromatic carbocycles. The Hall–Kier alpha value is -6.20. The lowest BCUT2D eigenvalue weighted by Crippen LogP contribution is -2.62. The molecule has 0 aliphatic carbocycles. The van der Waals surface area contributed by atoms with E-state index in [1.165, 1.54) is 67.6 Å². The van der Waals surface area contributed by atoms with Gasteiger partial charge in [-0.25, -0.2) is 0 Å². The minimum Gasteiger partial charge on any atom is -0.311 e. The van der Waals surface area contributed by atoms with E-state index >= 15 is 0 Å². The zero-order valence-corrected chi connectivity index (χ0v) is 25.5. The average molecular weight is 599 g/mol. The first-order chi connectivity index (χ1) is 23.4. The highest BCUT2D eigenvalue weighted by Crippen LogP contribution is 2.64. The molecule has 4 aliphatic heterocycles. The molecule has 4 nitrogen and oxygen atoms in total. The molecule has 0 unspecified atom stereocenters. The van der Waals surface area contributed by atoms with Crippen LogP contribution in [0, 0.1) is 0 Å². The molecule has 47 heavy (non-hydrogen) atoms. The third-order valence-electron chi connectivity index (χ3n) is 10.2. The monoisotopic (exact) mass is 598 g/mol. The van der Waals surface area contributed by atoms with Gasteiger partial charge < -0.3 is 19.6 Å². The second kappa shape index (κ2) is 9.18. The Balaban J connectivity index is 1.35. The lowest BCUT2D eigenvalue weighted by Gasteiger charge is -2.52. The summed E-state index contributed by atoms with van der Waals surface area (Å²) >= 11 is 0. The summed E-state index contributed by atoms with van der Waals surface area (Å²) in [6.07, 6.45) is 0. The summed E-state index contributed by atoms with van der Waals surface area (Å²) in [5.74, 6) is 0. The largest absolute Gasteiger partial charge is 0.311 e. The summed E-state index contributed by atoms with van der Waals surface area (Å²) in [5.41, 5.74) is 18.3. The molecule has 4 aliphatic rings. The van der Waals surface area contributed by atoms with E-state index in [-0.39, 0.29) is 6.71 Å². The van der Waals surface area contributed by atoms with Crippen LogP contribution in [0.25, 0.3) is 0 Å². The first kappa shape index (κ1) is 25.0. The van der Waals surface area contributed by atoms with Gasteiger partial charge >= 0.3 is 0 Å². The van der Waals surface area contributed by atoms with Crippen molar-refractivity contribution in [1.29, 1.82) is 0 Å². The average Bonchev–Trinajstić information content (AvgIpc) is 3.14. The predicted octanol–water partition coefficient (Wildman–Crippen LogP) is 9.34. The van der Waals surface area contributed by atoms with Crippen molar-refractivity contribution < 1.29 is 0 Å². The smallest absolute Gasteiger partial charge is 0.252 e. The fourth-order valence-electron chi connectivity index (χ4n) is 8.48. The van der Waals surface area contributed by atoms with Gasteiger partial charge in [-0.05, 0) is 83.1 Å². The zero-order valence-electron chi connectivity index (χ0n) is 25.5. The highest BCUT2D eigenvalue weighted by Gasteiger charge is 2.49. The topological polar surface area (TPSA) is 13.0 Å². The fraction of sp³-hybridized carbons (Fsp3) is 0. The second-order valence-electron chi connectivity index (χ2n) is 12.6. The number of anilines is 12. The summed E-state index contributed by atoms with van der Waals surface area (Å²) in [6.45, 7) is 0.0865. The van der Waals surface area contributed by atoms with Crippen LogP contribution in [0.2, 0.25) is 0 Å². The van der Waals surface area contributed by atoms with Gasteiger partial charge in [-0.1, -0.05) is 97.1 Å². The van der Waals surface area contributed by atoms with Crippen molar-refractivity contribution >= 4 is 91.3 Å². The molecule has 7 aromatic rings. The number of fused-ring (bicyclic) bond motifs is 10. The van der Waals surface area contributed by atoms with E-state index in [4.69, 9.17) is 0 Å². The van der Waals surface area contributed by atoms with Gasteiger partial charge in [0.25, 0.3) is 6.71 Å². The molecule has 4 heterocycles. The van der Waals surface area contributed by atoms with Gasteiger partial charge in [0.15, 0.2) is 0 Å². The molecular formula is C42H27BN4. The molecule has 0 saturated heterocycles. The highest BCUT2D eigenvalue weighted by atomic mass is 15.3. The normalized spacial score (nSPS) is 14.2. The Bertz CT molecular complexity index is 2220. The lowest BCUT2D eigenvalue weighted by molar-refractivity contribution is 1.12. The van der Waals surface area contributed by atoms with Gasteiger partial charge in [-0.2, -0.15) is 0 Å². The Morgan fingerprint density at radius 3 is 1.21 bits per heavy atom. The van der Waals surface area contributed by atoms with E-state index in [2.05, 4.69) is 183 Å². The molecule has 0 saturated carbocycles. The maximum Gasteiger partial charge on any atom is 0.252 e. The number of para-hydroxylation sites is 8. The van der Waals surface area contributed by atoms with Gasteiger partial charge in [0, 0.05) is 28.4 Å². The van der Waals surface area contributed by atoms with Gasteiger partial charge in [0.05, 0.1) is 39.8 Å². The van der Waals surface area contributed by atoms with E-state index in [9.17, 15) is 0 Å². The van der Waals surface area contributed by atoms with Crippen molar-refractivity contribution in [3.63, 3.8) is 0 Å². The van der Waals surface area contributed by atoms with Crippen LogP contribution < -0.4 is 36.0 Å². The van der Waals surface area contributed by atoms with E-state index in [0.29, 0.717) is 0 Å². The minimum absolute atomic E-state index is 0.0865. The molecule has 0 atom stereocenters. The van der Waals surface area contributed by atoms with Crippen LogP contribution in [0.1, 0.15) is 0 Å². The van der Waals surface area contributed by atoms with Crippen molar-refractivity contribution in [3.05, 3.63) is 164 Å². The van der Waals surface area contributed by atoms with Crippen molar-refractivity contribution in [2.75, 3.05) is 19.6 Å². The number of hydrogen-bond donors (Lipinski definition) is 0. The standard InChI is InChI=1S/C42H27BN4/c1-3-15-28(16-4-1)44-32-21-9-7-19-30(32)43-31-20-8-10-22-33(31)46-36-25-13-14-26-37(36)47-35-24-12-11-23-34(35)45(29-17-5-2-6-18-29)39-27-38(44)40(43)42(46)41(39)47/h1-27H. The molecular weight excluding hydrogens is 571 g/mol. The zero-order chi connectivity index (χ0) is 30.6. The van der Waals surface area contributed by atoms with Crippen molar-refractivity contribution in [3.8, 4) is 0 Å². The SMILES string of the molecule is c1ccc(N2c3ccccc3B3c4ccccc4N4c5ccccc5N5c6ccccc6N(c6ccccc6)c6cc2c3c4c65)cc1. The number of hydrogen-bond acceptors (Lipinski definition) is 4. The number of rotatable bonds is 2. The molecule has 0 N–H and O–H groups in total. The first-order valence-corrected chi connectivity index (χ1v) is 16.3. The van der Waals surface area contributed by atoms with Gasteiger partial charge in [-0.15, -0.1) is 0 Å². The molecule has 0 fully saturated rings. The molecule has 0 radical (unpaired) electrons. The Labute approximate surface area is 274 Å². The van der Waals surface area contributed by atoms with Crippen LogP contribution in [0.4, 0.5) is 68.2 Å². The summed E-state index contributed by atoms with van der Waals surface area (Å²) < 4.78 is 0. The van der Waals surface area contributed by atoms with Crippen molar-refractivity contribution in [2.45, 2.75) is 0 Å². The summed E-state index contributed by atoms with van der Waals surface area (Å²) in [7, 11) is 0. The van der Waals surface area contributed by atoms with Gasteiger partial charge in [-0.3, -0.25) is 0 Å². The van der Waals surface area contributed by atoms with E-state index in [1.807, 2.05) is 0 Å². The summed E-state index contributed by atoms with van der Waals surface area (Å²) in [6, 6.07) is 59.9. The van der Waals surface area contributed by atoms with Crippen LogP contribution in [0.15, 0.2) is 164 Å². The molecule has 0 aromatic heterocycles. The molecule has 0 spiro atoms. The minimum atomic E-state index is 0.0865. The van der Waals surface area contributed by atoms with Gasteiger partial charge in [0.1, 0.15) is 0 Å². The second-order valence-corrected chi connectivity index (χ2v) is 12.6. The molecule has 0 amide bonds. The Morgan fingerprint density at radius 1 is 0.298 bits per heavy atom. The van der Waals surface area contributed by atoms with Crippen LogP contribution in [-0.4, -0.2) is 6.71 Å². The molecule has 11 rings (SSSR count). The fourth-order valence-corrected chi connectivity index (χ4v) is 8.48. The molecule has 0 bridgehead atoms. The van der Waals surface area contributed by atoms with Crippen LogP contribution in [0.3, 0.4) is 0 Å². The van der Waals surface area contributed by atoms with E-state index in [0.717, 1.165) is 17.1 Å². The quantitative estimate of drug-likeness (QED) is 0.184. The predicted molar refractivity (Wildman–Crippen MR) is 197 cm³/mol. The van der Waals surface area contributed by atoms with Gasteiger partial charge in [0.2, 0.25) is 0 Å². The van der Waals surface area contributed by atoms with Crippen LogP contribution in [-0.2, 0) is 0 Å². The van der Waals surface area contributed by atoms with Crippen LogP contribution >= 0.6 is 0 Å². The third kappa shape index (κ3) is 3.18.